The third-order valence-corrected chi connectivity index (χ3v) is 1.91. The minimum absolute atomic E-state index is 0.00817. The van der Waals surface area contributed by atoms with Crippen LogP contribution in [0.3, 0.4) is 0 Å². The van der Waals surface area contributed by atoms with Gasteiger partial charge in [-0.15, -0.1) is 0 Å². The lowest BCUT2D eigenvalue weighted by atomic mass is 10.1. The molecule has 1 aromatic carbocycles. The lowest BCUT2D eigenvalue weighted by Gasteiger charge is -2.09. The smallest absolute Gasteiger partial charge is 0.537 e. The Labute approximate surface area is 84.2 Å². The van der Waals surface area contributed by atoms with Crippen molar-refractivity contribution in [2.45, 2.75) is 12.5 Å². The monoisotopic (exact) mass is 193 g/mol. The highest BCUT2D eigenvalue weighted by Crippen LogP contribution is 2.12. The molecule has 0 aromatic heterocycles. The zero-order valence-corrected chi connectivity index (χ0v) is 7.89. The van der Waals surface area contributed by atoms with Crippen molar-refractivity contribution in [2.24, 2.45) is 11.5 Å². The standard InChI is InChI=1S/C9H14BN2O2/c11-6-8(12)5-7-1-3-9(4-2-7)14-10-13/h1-4,8,13H,5-6,11-12H2. The van der Waals surface area contributed by atoms with Gasteiger partial charge in [-0.2, -0.15) is 0 Å². The number of benzene rings is 1. The van der Waals surface area contributed by atoms with E-state index < -0.39 is 0 Å². The number of rotatable bonds is 5. The normalized spacial score (nSPS) is 12.2. The molecule has 5 heteroatoms. The van der Waals surface area contributed by atoms with E-state index in [2.05, 4.69) is 0 Å². The molecule has 14 heavy (non-hydrogen) atoms. The van der Waals surface area contributed by atoms with Crippen LogP contribution in [0.2, 0.25) is 0 Å². The summed E-state index contributed by atoms with van der Waals surface area (Å²) in [4.78, 5) is 0. The summed E-state index contributed by atoms with van der Waals surface area (Å²) < 4.78 is 4.77. The zero-order chi connectivity index (χ0) is 10.4. The van der Waals surface area contributed by atoms with Gasteiger partial charge in [0.1, 0.15) is 0 Å². The van der Waals surface area contributed by atoms with E-state index >= 15 is 0 Å². The molecular weight excluding hydrogens is 179 g/mol. The first-order chi connectivity index (χ1) is 6.76. The molecule has 75 valence electrons. The molecule has 1 rings (SSSR count). The summed E-state index contributed by atoms with van der Waals surface area (Å²) in [6.07, 6.45) is 0.750. The van der Waals surface area contributed by atoms with Crippen molar-refractivity contribution < 1.29 is 9.68 Å². The largest absolute Gasteiger partial charge is 0.569 e. The molecule has 0 bridgehead atoms. The van der Waals surface area contributed by atoms with Crippen LogP contribution in [0, 0.1) is 0 Å². The van der Waals surface area contributed by atoms with Gasteiger partial charge >= 0.3 is 7.69 Å². The first-order valence-corrected chi connectivity index (χ1v) is 4.43. The molecule has 1 radical (unpaired) electrons. The predicted molar refractivity (Wildman–Crippen MR) is 55.8 cm³/mol. The van der Waals surface area contributed by atoms with Crippen LogP contribution < -0.4 is 16.1 Å². The first kappa shape index (κ1) is 11.0. The van der Waals surface area contributed by atoms with Gasteiger partial charge in [-0.05, 0) is 24.1 Å². The molecule has 1 aromatic rings. The number of hydrogen-bond donors (Lipinski definition) is 3. The van der Waals surface area contributed by atoms with Crippen molar-refractivity contribution in [1.82, 2.24) is 0 Å². The second-order valence-electron chi connectivity index (χ2n) is 3.07. The molecule has 0 aliphatic rings. The van der Waals surface area contributed by atoms with Crippen LogP contribution in [0.1, 0.15) is 5.56 Å². The van der Waals surface area contributed by atoms with Crippen LogP contribution in [0.25, 0.3) is 0 Å². The van der Waals surface area contributed by atoms with Gasteiger partial charge in [-0.1, -0.05) is 12.1 Å². The molecule has 0 fully saturated rings. The van der Waals surface area contributed by atoms with E-state index in [9.17, 15) is 0 Å². The molecule has 0 saturated carbocycles. The summed E-state index contributed by atoms with van der Waals surface area (Å²) in [6.45, 7) is 0.475. The summed E-state index contributed by atoms with van der Waals surface area (Å²) >= 11 is 0. The molecular formula is C9H14BN2O2. The molecule has 4 nitrogen and oxygen atoms in total. The van der Waals surface area contributed by atoms with Crippen LogP contribution in [0.5, 0.6) is 5.75 Å². The highest BCUT2D eigenvalue weighted by molar-refractivity contribution is 6.17. The molecule has 0 saturated heterocycles. The number of nitrogens with two attached hydrogens (primary N) is 2. The highest BCUT2D eigenvalue weighted by Gasteiger charge is 2.01. The van der Waals surface area contributed by atoms with E-state index in [0.29, 0.717) is 20.0 Å². The van der Waals surface area contributed by atoms with Crippen molar-refractivity contribution in [2.75, 3.05) is 6.54 Å². The summed E-state index contributed by atoms with van der Waals surface area (Å²) in [5, 5.41) is 8.39. The Hall–Kier alpha value is -1.04. The quantitative estimate of drug-likeness (QED) is 0.546. The predicted octanol–water partition coefficient (Wildman–Crippen LogP) is -0.580. The van der Waals surface area contributed by atoms with Gasteiger partial charge in [0.05, 0.1) is 5.75 Å². The van der Waals surface area contributed by atoms with Gasteiger partial charge in [-0.25, -0.2) is 0 Å². The van der Waals surface area contributed by atoms with E-state index in [0.717, 1.165) is 12.0 Å². The maximum atomic E-state index is 8.39. The van der Waals surface area contributed by atoms with Gasteiger partial charge in [0.15, 0.2) is 0 Å². The van der Waals surface area contributed by atoms with E-state index in [4.69, 9.17) is 21.1 Å². The molecule has 0 aliphatic heterocycles. The molecule has 5 N–H and O–H groups in total. The lowest BCUT2D eigenvalue weighted by Crippen LogP contribution is -2.31. The Kier molecular flexibility index (Phi) is 4.45. The summed E-state index contributed by atoms with van der Waals surface area (Å²) in [5.41, 5.74) is 12.2. The van der Waals surface area contributed by atoms with Crippen LogP contribution in [0.15, 0.2) is 24.3 Å². The van der Waals surface area contributed by atoms with E-state index in [1.807, 2.05) is 12.1 Å². The van der Waals surface area contributed by atoms with Gasteiger partial charge in [-0.3, -0.25) is 0 Å². The zero-order valence-electron chi connectivity index (χ0n) is 7.89. The Morgan fingerprint density at radius 2 is 2.00 bits per heavy atom. The SMILES string of the molecule is NCC(N)Cc1ccc(O[B]O)cc1. The van der Waals surface area contributed by atoms with Crippen molar-refractivity contribution >= 4 is 7.69 Å². The third kappa shape index (κ3) is 3.37. The van der Waals surface area contributed by atoms with Gasteiger partial charge in [0.2, 0.25) is 0 Å². The van der Waals surface area contributed by atoms with E-state index in [1.165, 1.54) is 0 Å². The molecule has 0 aliphatic carbocycles. The molecule has 0 amide bonds. The van der Waals surface area contributed by atoms with Gasteiger partial charge in [0.25, 0.3) is 0 Å². The Morgan fingerprint density at radius 1 is 1.36 bits per heavy atom. The fourth-order valence-electron chi connectivity index (χ4n) is 1.15. The second kappa shape index (κ2) is 5.64. The minimum atomic E-state index is -0.00817. The summed E-state index contributed by atoms with van der Waals surface area (Å²) in [6, 6.07) is 7.32. The van der Waals surface area contributed by atoms with Gasteiger partial charge in [0, 0.05) is 12.6 Å². The maximum Gasteiger partial charge on any atom is 0.569 e. The lowest BCUT2D eigenvalue weighted by molar-refractivity contribution is 0.453. The van der Waals surface area contributed by atoms with Crippen LogP contribution in [-0.2, 0) is 6.42 Å². The Balaban J connectivity index is 2.54. The van der Waals surface area contributed by atoms with Crippen molar-refractivity contribution in [1.29, 1.82) is 0 Å². The van der Waals surface area contributed by atoms with Gasteiger partial charge < -0.3 is 21.1 Å². The van der Waals surface area contributed by atoms with Crippen molar-refractivity contribution in [3.63, 3.8) is 0 Å². The molecule has 0 spiro atoms. The summed E-state index contributed by atoms with van der Waals surface area (Å²) in [7, 11) is 0.653. The molecule has 1 unspecified atom stereocenters. The molecule has 0 heterocycles. The average Bonchev–Trinajstić information content (AvgIpc) is 2.21. The fraction of sp³-hybridized carbons (Fsp3) is 0.333. The van der Waals surface area contributed by atoms with E-state index in [1.54, 1.807) is 12.1 Å². The maximum absolute atomic E-state index is 8.39. The van der Waals surface area contributed by atoms with E-state index in [-0.39, 0.29) is 6.04 Å². The Morgan fingerprint density at radius 3 is 2.50 bits per heavy atom. The minimum Gasteiger partial charge on any atom is -0.537 e. The highest BCUT2D eigenvalue weighted by atomic mass is 16.5. The van der Waals surface area contributed by atoms with Crippen LogP contribution in [0.4, 0.5) is 0 Å². The average molecular weight is 193 g/mol. The van der Waals surface area contributed by atoms with Crippen molar-refractivity contribution in [3.05, 3.63) is 29.8 Å². The third-order valence-electron chi connectivity index (χ3n) is 1.91. The van der Waals surface area contributed by atoms with Crippen LogP contribution >= 0.6 is 0 Å². The van der Waals surface area contributed by atoms with Crippen LogP contribution in [-0.4, -0.2) is 25.3 Å². The Bertz CT molecular complexity index is 266. The topological polar surface area (TPSA) is 81.5 Å². The molecule has 1 atom stereocenters. The first-order valence-electron chi connectivity index (χ1n) is 4.43. The fourth-order valence-corrected chi connectivity index (χ4v) is 1.15. The summed E-state index contributed by atoms with van der Waals surface area (Å²) in [5.74, 6) is 0.595. The number of hydrogen-bond acceptors (Lipinski definition) is 4. The van der Waals surface area contributed by atoms with Crippen molar-refractivity contribution in [3.8, 4) is 5.75 Å². The second-order valence-corrected chi connectivity index (χ2v) is 3.07.